The summed E-state index contributed by atoms with van der Waals surface area (Å²) in [4.78, 5) is 35.7. The highest BCUT2D eigenvalue weighted by molar-refractivity contribution is 5.85. The van der Waals surface area contributed by atoms with Crippen LogP contribution in [-0.2, 0) is 20.9 Å². The van der Waals surface area contributed by atoms with Gasteiger partial charge in [-0.05, 0) is 79.4 Å². The summed E-state index contributed by atoms with van der Waals surface area (Å²) in [7, 11) is 1.49. The van der Waals surface area contributed by atoms with Crippen LogP contribution in [-0.4, -0.2) is 38.0 Å². The van der Waals surface area contributed by atoms with E-state index < -0.39 is 5.91 Å². The Morgan fingerprint density at radius 1 is 1.00 bits per heavy atom. The van der Waals surface area contributed by atoms with Crippen LogP contribution in [0.2, 0.25) is 0 Å². The number of hydrogen-bond donors (Lipinski definition) is 3. The highest BCUT2D eigenvalue weighted by Gasteiger charge is 2.51. The van der Waals surface area contributed by atoms with E-state index in [1.54, 1.807) is 18.2 Å². The highest BCUT2D eigenvalue weighted by Crippen LogP contribution is 2.61. The number of hydrogen-bond acceptors (Lipinski definition) is 5. The predicted molar refractivity (Wildman–Crippen MR) is 118 cm³/mol. The number of methoxy groups -OCH3 is 1. The van der Waals surface area contributed by atoms with E-state index in [-0.39, 0.29) is 36.9 Å². The monoisotopic (exact) mass is 443 g/mol. The van der Waals surface area contributed by atoms with Gasteiger partial charge in [0.2, 0.25) is 11.8 Å². The largest absolute Gasteiger partial charge is 0.493 e. The van der Waals surface area contributed by atoms with Crippen molar-refractivity contribution in [3.8, 4) is 11.5 Å². The zero-order chi connectivity index (χ0) is 22.7. The Labute approximate surface area is 188 Å². The van der Waals surface area contributed by atoms with E-state index >= 15 is 0 Å². The first-order chi connectivity index (χ1) is 15.3. The minimum atomic E-state index is -0.575. The molecule has 8 nitrogen and oxygen atoms in total. The molecule has 4 N–H and O–H groups in total. The van der Waals surface area contributed by atoms with E-state index in [2.05, 4.69) is 10.6 Å². The van der Waals surface area contributed by atoms with E-state index in [1.807, 2.05) is 0 Å². The molecule has 0 radical (unpaired) electrons. The summed E-state index contributed by atoms with van der Waals surface area (Å²) < 4.78 is 10.6. The summed E-state index contributed by atoms with van der Waals surface area (Å²) in [5.41, 5.74) is 6.07. The molecule has 0 unspecified atom stereocenters. The van der Waals surface area contributed by atoms with E-state index in [9.17, 15) is 14.4 Å². The molecular weight excluding hydrogens is 410 g/mol. The summed E-state index contributed by atoms with van der Waals surface area (Å²) in [6.07, 6.45) is 8.15. The van der Waals surface area contributed by atoms with Gasteiger partial charge in [0, 0.05) is 13.0 Å². The fourth-order valence-corrected chi connectivity index (χ4v) is 6.44. The Hall–Kier alpha value is -2.77. The van der Waals surface area contributed by atoms with Crippen LogP contribution in [0.4, 0.5) is 0 Å². The second kappa shape index (κ2) is 9.38. The van der Waals surface area contributed by atoms with Gasteiger partial charge in [0.05, 0.1) is 13.7 Å². The lowest BCUT2D eigenvalue weighted by atomic mass is 9.49. The maximum atomic E-state index is 12.6. The molecule has 4 bridgehead atoms. The van der Waals surface area contributed by atoms with Gasteiger partial charge in [-0.15, -0.1) is 0 Å². The molecule has 0 aromatic heterocycles. The van der Waals surface area contributed by atoms with Crippen LogP contribution < -0.4 is 25.8 Å². The quantitative estimate of drug-likeness (QED) is 0.510. The van der Waals surface area contributed by atoms with Gasteiger partial charge in [-0.2, -0.15) is 0 Å². The normalized spacial score (nSPS) is 27.6. The Kier molecular flexibility index (Phi) is 6.58. The predicted octanol–water partition coefficient (Wildman–Crippen LogP) is 1.90. The number of carbonyl (C=O) groups is 3. The molecule has 4 aliphatic rings. The lowest BCUT2D eigenvalue weighted by Crippen LogP contribution is -2.48. The summed E-state index contributed by atoms with van der Waals surface area (Å²) in [5, 5.41) is 5.62. The van der Waals surface area contributed by atoms with Crippen LogP contribution in [0.15, 0.2) is 18.2 Å². The number of nitrogens with two attached hydrogens (primary N) is 1. The second-order valence-electron chi connectivity index (χ2n) is 9.89. The number of carbonyl (C=O) groups excluding carboxylic acids is 3. The number of ether oxygens (including phenoxy) is 2. The maximum Gasteiger partial charge on any atom is 0.255 e. The first-order valence-corrected chi connectivity index (χ1v) is 11.5. The standard InChI is InChI=1S/C24H33N3O5/c1-31-20-7-15(2-3-19(20)32-14-21(25)28)12-26-23(30)13-27-22(29)11-24-8-16-4-17(9-24)6-18(5-16)10-24/h2-3,7,16-18H,4-6,8-14H2,1H3,(H2,25,28)(H,26,30)(H,27,29). The molecule has 8 heteroatoms. The van der Waals surface area contributed by atoms with Crippen LogP contribution in [0.5, 0.6) is 11.5 Å². The molecule has 0 atom stereocenters. The molecule has 1 aromatic carbocycles. The summed E-state index contributed by atoms with van der Waals surface area (Å²) in [6, 6.07) is 5.16. The van der Waals surface area contributed by atoms with Crippen molar-refractivity contribution in [2.24, 2.45) is 28.9 Å². The first kappa shape index (κ1) is 22.4. The Balaban J connectivity index is 1.21. The molecule has 4 saturated carbocycles. The van der Waals surface area contributed by atoms with Gasteiger partial charge in [-0.25, -0.2) is 0 Å². The SMILES string of the molecule is COc1cc(CNC(=O)CNC(=O)CC23CC4CC(CC(C4)C2)C3)ccc1OCC(N)=O. The average molecular weight is 444 g/mol. The molecule has 0 saturated heterocycles. The highest BCUT2D eigenvalue weighted by atomic mass is 16.5. The zero-order valence-electron chi connectivity index (χ0n) is 18.7. The van der Waals surface area contributed by atoms with Crippen LogP contribution in [0.3, 0.4) is 0 Å². The van der Waals surface area contributed by atoms with Crippen molar-refractivity contribution in [1.82, 2.24) is 10.6 Å². The van der Waals surface area contributed by atoms with Gasteiger partial charge in [-0.1, -0.05) is 6.07 Å². The molecule has 174 valence electrons. The third-order valence-electron chi connectivity index (χ3n) is 7.23. The zero-order valence-corrected chi connectivity index (χ0v) is 18.7. The second-order valence-corrected chi connectivity index (χ2v) is 9.89. The van der Waals surface area contributed by atoms with Gasteiger partial charge < -0.3 is 25.8 Å². The molecule has 1 aromatic rings. The van der Waals surface area contributed by atoms with E-state index in [1.165, 1.54) is 45.6 Å². The van der Waals surface area contributed by atoms with Gasteiger partial charge in [0.25, 0.3) is 5.91 Å². The van der Waals surface area contributed by atoms with E-state index in [4.69, 9.17) is 15.2 Å². The fraction of sp³-hybridized carbons (Fsp3) is 0.625. The molecule has 4 aliphatic carbocycles. The topological polar surface area (TPSA) is 120 Å². The molecule has 0 heterocycles. The number of nitrogens with one attached hydrogen (secondary N) is 2. The molecule has 3 amide bonds. The smallest absolute Gasteiger partial charge is 0.255 e. The van der Waals surface area contributed by atoms with Crippen LogP contribution in [0, 0.1) is 23.2 Å². The van der Waals surface area contributed by atoms with Crippen molar-refractivity contribution in [2.75, 3.05) is 20.3 Å². The van der Waals surface area contributed by atoms with Crippen LogP contribution in [0.1, 0.15) is 50.5 Å². The van der Waals surface area contributed by atoms with Crippen LogP contribution >= 0.6 is 0 Å². The van der Waals surface area contributed by atoms with E-state index in [0.717, 1.165) is 23.3 Å². The molecule has 5 rings (SSSR count). The van der Waals surface area contributed by atoms with E-state index in [0.29, 0.717) is 17.9 Å². The third kappa shape index (κ3) is 5.34. The fourth-order valence-electron chi connectivity index (χ4n) is 6.44. The molecule has 4 fully saturated rings. The van der Waals surface area contributed by atoms with Gasteiger partial charge in [0.15, 0.2) is 18.1 Å². The minimum Gasteiger partial charge on any atom is -0.493 e. The number of amides is 3. The Morgan fingerprint density at radius 2 is 1.66 bits per heavy atom. The van der Waals surface area contributed by atoms with Crippen molar-refractivity contribution in [1.29, 1.82) is 0 Å². The molecule has 32 heavy (non-hydrogen) atoms. The number of primary amides is 1. The summed E-state index contributed by atoms with van der Waals surface area (Å²) >= 11 is 0. The Morgan fingerprint density at radius 3 is 2.25 bits per heavy atom. The van der Waals surface area contributed by atoms with Crippen molar-refractivity contribution in [3.05, 3.63) is 23.8 Å². The van der Waals surface area contributed by atoms with Crippen molar-refractivity contribution >= 4 is 17.7 Å². The van der Waals surface area contributed by atoms with Crippen LogP contribution in [0.25, 0.3) is 0 Å². The van der Waals surface area contributed by atoms with Crippen molar-refractivity contribution < 1.29 is 23.9 Å². The lowest BCUT2D eigenvalue weighted by molar-refractivity contribution is -0.132. The first-order valence-electron chi connectivity index (χ1n) is 11.5. The van der Waals surface area contributed by atoms with Gasteiger partial charge in [0.1, 0.15) is 0 Å². The van der Waals surface area contributed by atoms with Gasteiger partial charge in [-0.3, -0.25) is 14.4 Å². The Bertz CT molecular complexity index is 849. The molecule has 0 spiro atoms. The molecular formula is C24H33N3O5. The minimum absolute atomic E-state index is 0.0141. The number of rotatable bonds is 10. The van der Waals surface area contributed by atoms with Crippen molar-refractivity contribution in [3.63, 3.8) is 0 Å². The maximum absolute atomic E-state index is 12.6. The summed E-state index contributed by atoms with van der Waals surface area (Å²) in [5.74, 6) is 2.44. The molecule has 0 aliphatic heterocycles. The number of benzene rings is 1. The van der Waals surface area contributed by atoms with Crippen molar-refractivity contribution in [2.45, 2.75) is 51.5 Å². The lowest BCUT2D eigenvalue weighted by Gasteiger charge is -2.56. The third-order valence-corrected chi connectivity index (χ3v) is 7.23. The van der Waals surface area contributed by atoms with Gasteiger partial charge >= 0.3 is 0 Å². The summed E-state index contributed by atoms with van der Waals surface area (Å²) in [6.45, 7) is 0.0215. The average Bonchev–Trinajstić information content (AvgIpc) is 2.73.